The third-order valence-corrected chi connectivity index (χ3v) is 6.49. The largest absolute Gasteiger partial charge is 0.477 e. The molecule has 2 aliphatic heterocycles. The van der Waals surface area contributed by atoms with Crippen molar-refractivity contribution >= 4 is 41.0 Å². The maximum absolute atomic E-state index is 13.6. The van der Waals surface area contributed by atoms with E-state index in [0.29, 0.717) is 35.4 Å². The summed E-state index contributed by atoms with van der Waals surface area (Å²) in [6.07, 6.45) is 1.18. The first-order valence-corrected chi connectivity index (χ1v) is 12.4. The van der Waals surface area contributed by atoms with Gasteiger partial charge in [0.2, 0.25) is 17.7 Å². The number of hydrogen-bond donors (Lipinski definition) is 2. The summed E-state index contributed by atoms with van der Waals surface area (Å²) in [5.41, 5.74) is 1.41. The van der Waals surface area contributed by atoms with E-state index >= 15 is 0 Å². The number of aromatic nitrogens is 1. The summed E-state index contributed by atoms with van der Waals surface area (Å²) >= 11 is 6.03. The van der Waals surface area contributed by atoms with E-state index in [0.717, 1.165) is 12.0 Å². The molecular formula is C27H24ClN5O5. The van der Waals surface area contributed by atoms with Gasteiger partial charge in [-0.1, -0.05) is 29.8 Å². The van der Waals surface area contributed by atoms with Gasteiger partial charge in [-0.05, 0) is 54.4 Å². The number of anilines is 1. The molecule has 2 amide bonds. The van der Waals surface area contributed by atoms with Gasteiger partial charge in [0.25, 0.3) is 5.91 Å². The van der Waals surface area contributed by atoms with Crippen molar-refractivity contribution in [3.63, 3.8) is 0 Å². The second-order valence-electron chi connectivity index (χ2n) is 8.84. The molecule has 3 aromatic rings. The summed E-state index contributed by atoms with van der Waals surface area (Å²) in [5, 5.41) is 12.9. The molecule has 1 fully saturated rings. The quantitative estimate of drug-likeness (QED) is 0.470. The number of halogens is 1. The Morgan fingerprint density at radius 1 is 1.08 bits per heavy atom. The van der Waals surface area contributed by atoms with Gasteiger partial charge in [-0.15, -0.1) is 0 Å². The molecule has 2 aromatic carbocycles. The molecule has 1 atom stereocenters. The monoisotopic (exact) mass is 533 g/mol. The molecule has 1 unspecified atom stereocenters. The van der Waals surface area contributed by atoms with Gasteiger partial charge in [-0.25, -0.2) is 14.8 Å². The molecule has 38 heavy (non-hydrogen) atoms. The molecule has 0 bridgehead atoms. The van der Waals surface area contributed by atoms with Gasteiger partial charge in [-0.3, -0.25) is 14.5 Å². The van der Waals surface area contributed by atoms with Crippen molar-refractivity contribution in [1.29, 1.82) is 0 Å². The normalized spacial score (nSPS) is 17.4. The number of carboxylic acid groups (broad SMARTS) is 1. The Kier molecular flexibility index (Phi) is 7.23. The lowest BCUT2D eigenvalue weighted by molar-refractivity contribution is -0.141. The lowest BCUT2D eigenvalue weighted by Gasteiger charge is -2.36. The number of aliphatic imine (C=N–C) groups is 1. The zero-order valence-corrected chi connectivity index (χ0v) is 21.0. The van der Waals surface area contributed by atoms with Gasteiger partial charge in [-0.2, -0.15) is 0 Å². The number of pyridine rings is 1. The zero-order valence-electron chi connectivity index (χ0n) is 20.2. The minimum atomic E-state index is -1.14. The van der Waals surface area contributed by atoms with Crippen molar-refractivity contribution in [1.82, 2.24) is 14.8 Å². The summed E-state index contributed by atoms with van der Waals surface area (Å²) in [6.45, 7) is 0.984. The maximum Gasteiger partial charge on any atom is 0.354 e. The molecule has 2 N–H and O–H groups in total. The fraction of sp³-hybridized carbons (Fsp3) is 0.222. The minimum absolute atomic E-state index is 0.0274. The number of carbonyl (C=O) groups excluding carboxylic acids is 2. The predicted molar refractivity (Wildman–Crippen MR) is 140 cm³/mol. The third kappa shape index (κ3) is 5.60. The number of aromatic carboxylic acids is 1. The van der Waals surface area contributed by atoms with Crippen molar-refractivity contribution in [2.45, 2.75) is 25.4 Å². The average Bonchev–Trinajstić information content (AvgIpc) is 3.34. The Morgan fingerprint density at radius 3 is 2.53 bits per heavy atom. The predicted octanol–water partition coefficient (Wildman–Crippen LogP) is 4.03. The molecule has 0 spiro atoms. The topological polar surface area (TPSA) is 124 Å². The SMILES string of the molecule is O=C(O)c1cccc(Oc2ccc(NC3=NCC(N4CCCC4=O)C(=O)N3Cc3ccc(Cl)cc3)cc2)n1. The van der Waals surface area contributed by atoms with E-state index in [4.69, 9.17) is 21.4 Å². The number of hydrogen-bond acceptors (Lipinski definition) is 7. The number of rotatable bonds is 7. The number of nitrogens with one attached hydrogen (secondary N) is 1. The first kappa shape index (κ1) is 25.2. The van der Waals surface area contributed by atoms with Crippen LogP contribution in [-0.2, 0) is 16.1 Å². The number of ether oxygens (including phenoxy) is 1. The highest BCUT2D eigenvalue weighted by atomic mass is 35.5. The smallest absolute Gasteiger partial charge is 0.354 e. The Bertz CT molecular complexity index is 1390. The molecular weight excluding hydrogens is 510 g/mol. The fourth-order valence-corrected chi connectivity index (χ4v) is 4.46. The molecule has 5 rings (SSSR count). The van der Waals surface area contributed by atoms with Crippen molar-refractivity contribution in [3.05, 3.63) is 83.0 Å². The lowest BCUT2D eigenvalue weighted by Crippen LogP contribution is -2.56. The van der Waals surface area contributed by atoms with Crippen LogP contribution in [0.5, 0.6) is 11.6 Å². The highest BCUT2D eigenvalue weighted by Crippen LogP contribution is 2.24. The van der Waals surface area contributed by atoms with Gasteiger partial charge in [0.15, 0.2) is 5.69 Å². The molecule has 10 nitrogen and oxygen atoms in total. The maximum atomic E-state index is 13.6. The number of carboxylic acids is 1. The molecule has 1 saturated heterocycles. The summed E-state index contributed by atoms with van der Waals surface area (Å²) in [4.78, 5) is 48.8. The molecule has 1 aromatic heterocycles. The Labute approximate surface area is 223 Å². The Balaban J connectivity index is 1.34. The van der Waals surface area contributed by atoms with Crippen LogP contribution in [-0.4, -0.2) is 62.8 Å². The molecule has 0 aliphatic carbocycles. The fourth-order valence-electron chi connectivity index (χ4n) is 4.33. The highest BCUT2D eigenvalue weighted by molar-refractivity contribution is 6.30. The molecule has 0 radical (unpaired) electrons. The molecule has 2 aliphatic rings. The van der Waals surface area contributed by atoms with Crippen molar-refractivity contribution < 1.29 is 24.2 Å². The van der Waals surface area contributed by atoms with E-state index in [-0.39, 0.29) is 36.5 Å². The van der Waals surface area contributed by atoms with Crippen molar-refractivity contribution in [3.8, 4) is 11.6 Å². The number of nitrogens with zero attached hydrogens (tertiary/aromatic N) is 4. The number of likely N-dealkylation sites (tertiary alicyclic amines) is 1. The van der Waals surface area contributed by atoms with Crippen LogP contribution in [0.2, 0.25) is 5.02 Å². The second kappa shape index (κ2) is 10.9. The summed E-state index contributed by atoms with van der Waals surface area (Å²) < 4.78 is 5.68. The highest BCUT2D eigenvalue weighted by Gasteiger charge is 2.39. The van der Waals surface area contributed by atoms with E-state index < -0.39 is 12.0 Å². The van der Waals surface area contributed by atoms with Gasteiger partial charge in [0.05, 0.1) is 13.1 Å². The van der Waals surface area contributed by atoms with Crippen molar-refractivity contribution in [2.24, 2.45) is 4.99 Å². The third-order valence-electron chi connectivity index (χ3n) is 6.24. The molecule has 11 heteroatoms. The van der Waals surface area contributed by atoms with Gasteiger partial charge >= 0.3 is 5.97 Å². The summed E-state index contributed by atoms with van der Waals surface area (Å²) in [5.74, 6) is -0.380. The van der Waals surface area contributed by atoms with Crippen molar-refractivity contribution in [2.75, 3.05) is 18.4 Å². The van der Waals surface area contributed by atoms with Crippen LogP contribution in [0.1, 0.15) is 28.9 Å². The van der Waals surface area contributed by atoms with E-state index in [2.05, 4.69) is 15.3 Å². The summed E-state index contributed by atoms with van der Waals surface area (Å²) in [7, 11) is 0. The standard InChI is InChI=1S/C27H24ClN5O5/c28-18-8-6-17(7-9-18)16-33-25(35)22(32-14-2-5-24(32)34)15-29-27(33)30-19-10-12-20(13-11-19)38-23-4-1-3-21(31-23)26(36)37/h1,3-4,6-13,22H,2,5,14-16H2,(H,29,30)(H,36,37). The second-order valence-corrected chi connectivity index (χ2v) is 9.28. The van der Waals surface area contributed by atoms with E-state index in [1.165, 1.54) is 6.07 Å². The first-order chi connectivity index (χ1) is 18.4. The average molecular weight is 534 g/mol. The number of carbonyl (C=O) groups is 3. The van der Waals surface area contributed by atoms with Gasteiger partial charge in [0.1, 0.15) is 11.8 Å². The van der Waals surface area contributed by atoms with Gasteiger partial charge < -0.3 is 20.1 Å². The van der Waals surface area contributed by atoms with E-state index in [1.807, 2.05) is 12.1 Å². The van der Waals surface area contributed by atoms with Crippen LogP contribution >= 0.6 is 11.6 Å². The van der Waals surface area contributed by atoms with Crippen LogP contribution in [0.3, 0.4) is 0 Å². The molecule has 194 valence electrons. The number of amides is 2. The van der Waals surface area contributed by atoms with Crippen LogP contribution in [0, 0.1) is 0 Å². The zero-order chi connectivity index (χ0) is 26.6. The molecule has 3 heterocycles. The van der Waals surface area contributed by atoms with Crippen LogP contribution in [0.25, 0.3) is 0 Å². The van der Waals surface area contributed by atoms with Crippen LogP contribution < -0.4 is 10.1 Å². The Hall–Kier alpha value is -4.44. The van der Waals surface area contributed by atoms with Crippen LogP contribution in [0.15, 0.2) is 71.7 Å². The van der Waals surface area contributed by atoms with E-state index in [1.54, 1.807) is 58.3 Å². The number of benzene rings is 2. The minimum Gasteiger partial charge on any atom is -0.477 e. The number of guanidine groups is 1. The first-order valence-electron chi connectivity index (χ1n) is 12.0. The van der Waals surface area contributed by atoms with Crippen LogP contribution in [0.4, 0.5) is 5.69 Å². The lowest BCUT2D eigenvalue weighted by atomic mass is 10.1. The van der Waals surface area contributed by atoms with E-state index in [9.17, 15) is 14.4 Å². The summed E-state index contributed by atoms with van der Waals surface area (Å²) in [6, 6.07) is 18.0. The van der Waals surface area contributed by atoms with Gasteiger partial charge in [0, 0.05) is 29.7 Å². The Morgan fingerprint density at radius 2 is 1.84 bits per heavy atom. The molecule has 0 saturated carbocycles.